The van der Waals surface area contributed by atoms with E-state index in [2.05, 4.69) is 73.0 Å². The van der Waals surface area contributed by atoms with Crippen LogP contribution in [0.5, 0.6) is 0 Å². The first-order valence-electron chi connectivity index (χ1n) is 11.6. The summed E-state index contributed by atoms with van der Waals surface area (Å²) in [6.07, 6.45) is 14.7. The number of hydrogen-bond acceptors (Lipinski definition) is 2. The summed E-state index contributed by atoms with van der Waals surface area (Å²) < 4.78 is 0.528. The molecule has 0 N–H and O–H groups in total. The molecule has 0 saturated heterocycles. The molecule has 2 aromatic heterocycles. The molecule has 4 aromatic rings. The van der Waals surface area contributed by atoms with Gasteiger partial charge in [0.25, 0.3) is 0 Å². The van der Waals surface area contributed by atoms with Gasteiger partial charge < -0.3 is 0 Å². The van der Waals surface area contributed by atoms with Gasteiger partial charge in [-0.3, -0.25) is 9.97 Å². The van der Waals surface area contributed by atoms with E-state index in [1.807, 2.05) is 60.9 Å². The molecule has 32 heavy (non-hydrogen) atoms. The van der Waals surface area contributed by atoms with E-state index in [1.54, 1.807) is 0 Å². The highest BCUT2D eigenvalue weighted by Crippen LogP contribution is 2.17. The molecule has 2 heterocycles. The van der Waals surface area contributed by atoms with Crippen molar-refractivity contribution in [2.45, 2.75) is 62.0 Å². The van der Waals surface area contributed by atoms with E-state index in [1.165, 1.54) is 62.1 Å². The molecule has 2 nitrogen and oxygen atoms in total. The summed E-state index contributed by atoms with van der Waals surface area (Å²) >= 11 is 6.97. The second-order valence-corrected chi connectivity index (χ2v) is 11.1. The normalized spacial score (nSPS) is 10.4. The average molecular weight is 558 g/mol. The summed E-state index contributed by atoms with van der Waals surface area (Å²) in [6, 6.07) is 24.2. The molecular formula is C28H34Br2N2. The monoisotopic (exact) mass is 556 g/mol. The summed E-state index contributed by atoms with van der Waals surface area (Å²) in [4.78, 5) is 8.36. The maximum Gasteiger partial charge on any atom is 0.0701 e. The van der Waals surface area contributed by atoms with Gasteiger partial charge in [0.1, 0.15) is 0 Å². The summed E-state index contributed by atoms with van der Waals surface area (Å²) in [5.74, 6) is 0. The first-order valence-corrected chi connectivity index (χ1v) is 13.4. The lowest BCUT2D eigenvalue weighted by atomic mass is 10.1. The molecule has 0 spiro atoms. The van der Waals surface area contributed by atoms with Gasteiger partial charge in [-0.05, 0) is 30.7 Å². The van der Waals surface area contributed by atoms with Crippen molar-refractivity contribution in [3.8, 4) is 0 Å². The van der Waals surface area contributed by atoms with Gasteiger partial charge in [-0.15, -0.1) is 0 Å². The zero-order valence-corrected chi connectivity index (χ0v) is 22.1. The smallest absolute Gasteiger partial charge is 0.0701 e. The Morgan fingerprint density at radius 1 is 0.594 bits per heavy atom. The summed E-state index contributed by atoms with van der Waals surface area (Å²) in [5.41, 5.74) is 2.12. The van der Waals surface area contributed by atoms with Crippen LogP contribution in [0.4, 0.5) is 0 Å². The van der Waals surface area contributed by atoms with Crippen LogP contribution in [0.1, 0.15) is 58.3 Å². The minimum atomic E-state index is 0.528. The molecule has 0 unspecified atom stereocenters. The Balaban J connectivity index is 0.000000170. The van der Waals surface area contributed by atoms with Crippen LogP contribution in [-0.4, -0.2) is 13.7 Å². The van der Waals surface area contributed by atoms with Gasteiger partial charge in [0.05, 0.1) is 14.8 Å². The van der Waals surface area contributed by atoms with Crippen LogP contribution in [0.15, 0.2) is 85.2 Å². The number of fused-ring (bicyclic) bond motifs is 2. The number of aromatic nitrogens is 2. The van der Waals surface area contributed by atoms with Crippen molar-refractivity contribution in [3.05, 3.63) is 85.2 Å². The van der Waals surface area contributed by atoms with Gasteiger partial charge >= 0.3 is 0 Å². The molecule has 0 amide bonds. The van der Waals surface area contributed by atoms with E-state index in [-0.39, 0.29) is 0 Å². The van der Waals surface area contributed by atoms with Crippen LogP contribution < -0.4 is 0 Å². The molecule has 0 saturated carbocycles. The molecule has 170 valence electrons. The molecule has 0 radical (unpaired) electrons. The fraction of sp³-hybridized carbons (Fsp3) is 0.357. The van der Waals surface area contributed by atoms with Crippen LogP contribution in [-0.2, 0) is 0 Å². The third-order valence-electron chi connectivity index (χ3n) is 5.05. The molecule has 0 fully saturated rings. The Kier molecular flexibility index (Phi) is 13.9. The van der Waals surface area contributed by atoms with Crippen molar-refractivity contribution in [1.82, 2.24) is 9.97 Å². The van der Waals surface area contributed by atoms with E-state index < -0.39 is 0 Å². The average Bonchev–Trinajstić information content (AvgIpc) is 2.84. The second kappa shape index (κ2) is 16.8. The van der Waals surface area contributed by atoms with E-state index in [9.17, 15) is 0 Å². The lowest BCUT2D eigenvalue weighted by Gasteiger charge is -2.01. The van der Waals surface area contributed by atoms with Gasteiger partial charge in [-0.1, -0.05) is 132 Å². The van der Waals surface area contributed by atoms with Gasteiger partial charge in [-0.25, -0.2) is 0 Å². The maximum atomic E-state index is 4.18. The molecule has 0 aliphatic carbocycles. The van der Waals surface area contributed by atoms with E-state index in [0.717, 1.165) is 11.0 Å². The van der Waals surface area contributed by atoms with E-state index >= 15 is 0 Å². The highest BCUT2D eigenvalue weighted by Gasteiger charge is 1.96. The van der Waals surface area contributed by atoms with Gasteiger partial charge in [-0.2, -0.15) is 0 Å². The number of unbranched alkanes of at least 4 members (excludes halogenated alkanes) is 6. The zero-order chi connectivity index (χ0) is 22.9. The molecule has 0 atom stereocenters. The third kappa shape index (κ3) is 11.2. The van der Waals surface area contributed by atoms with Crippen molar-refractivity contribution < 1.29 is 0 Å². The fourth-order valence-corrected chi connectivity index (χ4v) is 3.94. The largest absolute Gasteiger partial charge is 0.256 e. The first kappa shape index (κ1) is 26.5. The van der Waals surface area contributed by atoms with Gasteiger partial charge in [0.15, 0.2) is 0 Å². The number of hydrogen-bond donors (Lipinski definition) is 0. The molecule has 4 heteroatoms. The predicted octanol–water partition coefficient (Wildman–Crippen LogP) is 9.71. The van der Waals surface area contributed by atoms with Gasteiger partial charge in [0, 0.05) is 23.2 Å². The van der Waals surface area contributed by atoms with Crippen LogP contribution in [0.3, 0.4) is 0 Å². The molecule has 0 bridgehead atoms. The highest BCUT2D eigenvalue weighted by atomic mass is 79.9. The number of nitrogens with zero attached hydrogens (tertiary/aromatic N) is 2. The molecular weight excluding hydrogens is 524 g/mol. The number of pyridine rings is 2. The highest BCUT2D eigenvalue weighted by molar-refractivity contribution is 9.24. The number of benzene rings is 2. The lowest BCUT2D eigenvalue weighted by Crippen LogP contribution is -1.85. The number of rotatable bonds is 8. The third-order valence-corrected chi connectivity index (χ3v) is 5.97. The van der Waals surface area contributed by atoms with Crippen LogP contribution in [0.2, 0.25) is 0 Å². The maximum absolute atomic E-state index is 4.18. The number of halogens is 2. The van der Waals surface area contributed by atoms with Gasteiger partial charge in [0.2, 0.25) is 0 Å². The Labute approximate surface area is 210 Å². The summed E-state index contributed by atoms with van der Waals surface area (Å²) in [6.45, 7) is 2.26. The summed E-state index contributed by atoms with van der Waals surface area (Å²) in [5, 5.41) is 2.40. The minimum absolute atomic E-state index is 0.528. The SMILES string of the molecule is CCCCCCCCCC(Br)Br.c1ccc2ncccc2c1.c1ccc2ncccc2c1. The first-order chi connectivity index (χ1) is 15.7. The van der Waals surface area contributed by atoms with Crippen LogP contribution in [0.25, 0.3) is 21.8 Å². The Bertz CT molecular complexity index is 802. The minimum Gasteiger partial charge on any atom is -0.256 e. The molecule has 2 aromatic carbocycles. The Hall–Kier alpha value is -1.78. The van der Waals surface area contributed by atoms with E-state index in [0.29, 0.717) is 3.74 Å². The lowest BCUT2D eigenvalue weighted by molar-refractivity contribution is 0.585. The quantitative estimate of drug-likeness (QED) is 0.159. The predicted molar refractivity (Wildman–Crippen MR) is 148 cm³/mol. The molecule has 0 aliphatic heterocycles. The topological polar surface area (TPSA) is 25.8 Å². The number of alkyl halides is 2. The van der Waals surface area contributed by atoms with Crippen molar-refractivity contribution >= 4 is 53.7 Å². The van der Waals surface area contributed by atoms with Crippen LogP contribution >= 0.6 is 31.9 Å². The summed E-state index contributed by atoms with van der Waals surface area (Å²) in [7, 11) is 0. The zero-order valence-electron chi connectivity index (χ0n) is 19.0. The van der Waals surface area contributed by atoms with Crippen molar-refractivity contribution in [3.63, 3.8) is 0 Å². The molecule has 0 aliphatic rings. The van der Waals surface area contributed by atoms with Crippen molar-refractivity contribution in [2.75, 3.05) is 0 Å². The van der Waals surface area contributed by atoms with Crippen molar-refractivity contribution in [2.24, 2.45) is 0 Å². The second-order valence-electron chi connectivity index (χ2n) is 7.69. The number of para-hydroxylation sites is 2. The molecule has 4 rings (SSSR count). The van der Waals surface area contributed by atoms with E-state index in [4.69, 9.17) is 0 Å². The standard InChI is InChI=1S/C10H20Br2.2C9H7N/c1-2-3-4-5-6-7-8-9-10(11)12;2*1-2-6-9-8(4-1)5-3-7-10-9/h10H,2-9H2,1H3;2*1-7H. The van der Waals surface area contributed by atoms with Crippen LogP contribution in [0, 0.1) is 0 Å². The fourth-order valence-electron chi connectivity index (χ4n) is 3.29. The Morgan fingerprint density at radius 2 is 1.03 bits per heavy atom. The van der Waals surface area contributed by atoms with Crippen molar-refractivity contribution in [1.29, 1.82) is 0 Å². The Morgan fingerprint density at radius 3 is 1.50 bits per heavy atom.